The minimum absolute atomic E-state index is 0.0738. The second kappa shape index (κ2) is 8.13. The van der Waals surface area contributed by atoms with Crippen LogP contribution in [0.4, 0.5) is 5.95 Å². The number of nitrogens with zero attached hydrogens (tertiary/aromatic N) is 1. The van der Waals surface area contributed by atoms with Gasteiger partial charge in [-0.05, 0) is 37.0 Å². The van der Waals surface area contributed by atoms with Gasteiger partial charge >= 0.3 is 0 Å². The Bertz CT molecular complexity index is 702. The largest absolute Gasteiger partial charge is 0.489 e. The summed E-state index contributed by atoms with van der Waals surface area (Å²) < 4.78 is 5.97. The molecule has 1 aliphatic heterocycles. The van der Waals surface area contributed by atoms with E-state index in [0.29, 0.717) is 24.2 Å². The van der Waals surface area contributed by atoms with E-state index in [0.717, 1.165) is 30.9 Å². The van der Waals surface area contributed by atoms with Crippen LogP contribution in [0.5, 0.6) is 5.75 Å². The molecule has 0 fully saturated rings. The molecular weight excluding hydrogens is 320 g/mol. The third-order valence-electron chi connectivity index (χ3n) is 4.28. The van der Waals surface area contributed by atoms with E-state index in [4.69, 9.17) is 15.6 Å². The van der Waals surface area contributed by atoms with E-state index in [2.05, 4.69) is 15.3 Å². The number of ketones is 1. The normalized spacial score (nSPS) is 17.7. The van der Waals surface area contributed by atoms with Gasteiger partial charge in [0.1, 0.15) is 11.9 Å². The number of H-pyrrole nitrogens is 1. The third-order valence-corrected chi connectivity index (χ3v) is 4.28. The molecule has 0 aliphatic carbocycles. The van der Waals surface area contributed by atoms with Crippen LogP contribution in [0.15, 0.2) is 30.6 Å². The van der Waals surface area contributed by atoms with E-state index in [1.54, 1.807) is 12.4 Å². The first-order valence-corrected chi connectivity index (χ1v) is 8.58. The summed E-state index contributed by atoms with van der Waals surface area (Å²) in [6.45, 7) is 0.696. The summed E-state index contributed by atoms with van der Waals surface area (Å²) in [6.07, 6.45) is 5.99. The number of imidazole rings is 1. The van der Waals surface area contributed by atoms with Crippen molar-refractivity contribution in [2.45, 2.75) is 37.8 Å². The van der Waals surface area contributed by atoms with Crippen LogP contribution in [0.25, 0.3) is 0 Å². The molecule has 1 aliphatic rings. The molecule has 0 amide bonds. The fraction of sp³-hybridized carbons (Fsp3) is 0.444. The van der Waals surface area contributed by atoms with Crippen molar-refractivity contribution in [2.75, 3.05) is 18.5 Å². The summed E-state index contributed by atoms with van der Waals surface area (Å²) in [5.74, 6) is 1.49. The lowest BCUT2D eigenvalue weighted by atomic mass is 9.95. The van der Waals surface area contributed by atoms with Gasteiger partial charge in [0.25, 0.3) is 0 Å². The Morgan fingerprint density at radius 3 is 3.12 bits per heavy atom. The van der Waals surface area contributed by atoms with Gasteiger partial charge in [-0.15, -0.1) is 0 Å². The van der Waals surface area contributed by atoms with Crippen LogP contribution in [0.3, 0.4) is 0 Å². The fourth-order valence-electron chi connectivity index (χ4n) is 2.99. The van der Waals surface area contributed by atoms with Gasteiger partial charge in [-0.1, -0.05) is 6.07 Å². The van der Waals surface area contributed by atoms with Crippen molar-refractivity contribution < 1.29 is 14.6 Å². The van der Waals surface area contributed by atoms with Crippen molar-refractivity contribution in [3.8, 4) is 5.75 Å². The maximum atomic E-state index is 12.4. The number of aromatic nitrogens is 2. The van der Waals surface area contributed by atoms with Crippen LogP contribution in [-0.2, 0) is 6.42 Å². The number of nitrogens with one attached hydrogen (secondary N) is 2. The SMILES string of the molecule is NC(CO)Cc1ccc2c(c1)C(=O)CC(CCCNc1ncc[nH]1)O2. The Morgan fingerprint density at radius 2 is 2.36 bits per heavy atom. The van der Waals surface area contributed by atoms with E-state index in [1.165, 1.54) is 0 Å². The molecule has 7 heteroatoms. The van der Waals surface area contributed by atoms with Crippen molar-refractivity contribution in [3.63, 3.8) is 0 Å². The molecule has 2 aromatic rings. The standard InChI is InChI=1S/C18H24N4O3/c19-13(11-23)8-12-3-4-17-15(9-12)16(24)10-14(25-17)2-1-5-20-18-21-6-7-22-18/h3-4,6-7,9,13-14,23H,1-2,5,8,10-11,19H2,(H2,20,21,22). The van der Waals surface area contributed by atoms with Crippen LogP contribution in [0, 0.1) is 0 Å². The van der Waals surface area contributed by atoms with Crippen LogP contribution in [0.2, 0.25) is 0 Å². The number of rotatable bonds is 8. The van der Waals surface area contributed by atoms with Gasteiger partial charge in [-0.3, -0.25) is 4.79 Å². The first-order valence-electron chi connectivity index (χ1n) is 8.58. The predicted molar refractivity (Wildman–Crippen MR) is 94.9 cm³/mol. The molecule has 0 bridgehead atoms. The molecule has 0 spiro atoms. The number of aliphatic hydroxyl groups is 1. The highest BCUT2D eigenvalue weighted by molar-refractivity contribution is 6.00. The van der Waals surface area contributed by atoms with Crippen molar-refractivity contribution in [3.05, 3.63) is 41.7 Å². The zero-order chi connectivity index (χ0) is 17.6. The minimum Gasteiger partial charge on any atom is -0.489 e. The molecule has 0 saturated carbocycles. The fourth-order valence-corrected chi connectivity index (χ4v) is 2.99. The number of carbonyl (C=O) groups is 1. The number of Topliss-reactive ketones (excluding diaryl/α,β-unsaturated/α-hetero) is 1. The summed E-state index contributed by atoms with van der Waals surface area (Å²) in [5, 5.41) is 12.2. The molecule has 7 nitrogen and oxygen atoms in total. The maximum Gasteiger partial charge on any atom is 0.200 e. The molecule has 134 valence electrons. The molecule has 25 heavy (non-hydrogen) atoms. The molecule has 3 rings (SSSR count). The summed E-state index contributed by atoms with van der Waals surface area (Å²) in [5.41, 5.74) is 7.32. The predicted octanol–water partition coefficient (Wildman–Crippen LogP) is 1.50. The summed E-state index contributed by atoms with van der Waals surface area (Å²) >= 11 is 0. The number of anilines is 1. The highest BCUT2D eigenvalue weighted by Gasteiger charge is 2.26. The quantitative estimate of drug-likeness (QED) is 0.540. The number of nitrogens with two attached hydrogens (primary N) is 1. The minimum atomic E-state index is -0.313. The number of aliphatic hydroxyl groups excluding tert-OH is 1. The average Bonchev–Trinajstić information content (AvgIpc) is 3.12. The highest BCUT2D eigenvalue weighted by Crippen LogP contribution is 2.30. The number of hydrogen-bond acceptors (Lipinski definition) is 6. The molecular formula is C18H24N4O3. The average molecular weight is 344 g/mol. The summed E-state index contributed by atoms with van der Waals surface area (Å²) in [6, 6.07) is 5.26. The van der Waals surface area contributed by atoms with E-state index >= 15 is 0 Å². The number of carbonyl (C=O) groups excluding carboxylic acids is 1. The van der Waals surface area contributed by atoms with Gasteiger partial charge in [0.15, 0.2) is 11.7 Å². The Balaban J connectivity index is 1.53. The second-order valence-corrected chi connectivity index (χ2v) is 6.35. The van der Waals surface area contributed by atoms with Crippen LogP contribution in [-0.4, -0.2) is 46.2 Å². The number of aromatic amines is 1. The molecule has 1 aromatic heterocycles. The first-order chi connectivity index (χ1) is 12.2. The smallest absolute Gasteiger partial charge is 0.200 e. The van der Waals surface area contributed by atoms with Crippen LogP contribution in [0.1, 0.15) is 35.2 Å². The van der Waals surface area contributed by atoms with Gasteiger partial charge in [-0.25, -0.2) is 4.98 Å². The lowest BCUT2D eigenvalue weighted by molar-refractivity contribution is 0.0837. The molecule has 0 radical (unpaired) electrons. The van der Waals surface area contributed by atoms with Gasteiger partial charge in [-0.2, -0.15) is 0 Å². The highest BCUT2D eigenvalue weighted by atomic mass is 16.5. The topological polar surface area (TPSA) is 113 Å². The van der Waals surface area contributed by atoms with Crippen molar-refractivity contribution in [1.82, 2.24) is 9.97 Å². The molecule has 2 atom stereocenters. The summed E-state index contributed by atoms with van der Waals surface area (Å²) in [4.78, 5) is 19.5. The third kappa shape index (κ3) is 4.58. The zero-order valence-electron chi connectivity index (χ0n) is 14.1. The molecule has 5 N–H and O–H groups in total. The number of fused-ring (bicyclic) bond motifs is 1. The Kier molecular flexibility index (Phi) is 5.67. The van der Waals surface area contributed by atoms with Crippen LogP contribution < -0.4 is 15.8 Å². The second-order valence-electron chi connectivity index (χ2n) is 6.35. The zero-order valence-corrected chi connectivity index (χ0v) is 14.1. The number of benzene rings is 1. The Hall–Kier alpha value is -2.38. The summed E-state index contributed by atoms with van der Waals surface area (Å²) in [7, 11) is 0. The number of ether oxygens (including phenoxy) is 1. The molecule has 0 saturated heterocycles. The van der Waals surface area contributed by atoms with E-state index in [1.807, 2.05) is 18.2 Å². The monoisotopic (exact) mass is 344 g/mol. The van der Waals surface area contributed by atoms with Crippen molar-refractivity contribution in [1.29, 1.82) is 0 Å². The van der Waals surface area contributed by atoms with E-state index in [9.17, 15) is 4.79 Å². The van der Waals surface area contributed by atoms with Gasteiger partial charge in [0.05, 0.1) is 12.2 Å². The lowest BCUT2D eigenvalue weighted by Gasteiger charge is -2.26. The van der Waals surface area contributed by atoms with Crippen molar-refractivity contribution >= 4 is 11.7 Å². The lowest BCUT2D eigenvalue weighted by Crippen LogP contribution is -2.29. The first kappa shape index (κ1) is 17.4. The van der Waals surface area contributed by atoms with Crippen molar-refractivity contribution in [2.24, 2.45) is 5.73 Å². The Labute approximate surface area is 146 Å². The van der Waals surface area contributed by atoms with Gasteiger partial charge in [0, 0.05) is 31.4 Å². The van der Waals surface area contributed by atoms with E-state index in [-0.39, 0.29) is 24.5 Å². The Morgan fingerprint density at radius 1 is 1.48 bits per heavy atom. The number of hydrogen-bond donors (Lipinski definition) is 4. The van der Waals surface area contributed by atoms with Gasteiger partial charge < -0.3 is 25.9 Å². The molecule has 2 heterocycles. The maximum absolute atomic E-state index is 12.4. The van der Waals surface area contributed by atoms with E-state index < -0.39 is 0 Å². The van der Waals surface area contributed by atoms with Gasteiger partial charge in [0.2, 0.25) is 0 Å². The molecule has 1 aromatic carbocycles. The molecule has 2 unspecified atom stereocenters. The van der Waals surface area contributed by atoms with Crippen LogP contribution >= 0.6 is 0 Å².